The summed E-state index contributed by atoms with van der Waals surface area (Å²) in [6.07, 6.45) is -4.66. The number of nitrogens with zero attached hydrogens (tertiary/aromatic N) is 1. The Kier molecular flexibility index (Phi) is 5.40. The summed E-state index contributed by atoms with van der Waals surface area (Å²) in [6, 6.07) is 6.03. The standard InChI is InChI=1S/C14H19F3N2OS/c1-10-9-19(6-7-21-10)13(8-18)11-2-4-12(5-3-11)20-14(15,16)17/h2-5,10,13H,6-9,18H2,1H3. The highest BCUT2D eigenvalue weighted by atomic mass is 32.2. The van der Waals surface area contributed by atoms with Crippen LogP contribution in [0.5, 0.6) is 5.75 Å². The van der Waals surface area contributed by atoms with E-state index in [1.165, 1.54) is 12.1 Å². The lowest BCUT2D eigenvalue weighted by Gasteiger charge is -2.36. The fourth-order valence-electron chi connectivity index (χ4n) is 2.52. The minimum absolute atomic E-state index is 0.0355. The van der Waals surface area contributed by atoms with E-state index >= 15 is 0 Å². The van der Waals surface area contributed by atoms with Crippen LogP contribution in [0.15, 0.2) is 24.3 Å². The van der Waals surface area contributed by atoms with E-state index in [4.69, 9.17) is 5.73 Å². The van der Waals surface area contributed by atoms with E-state index in [2.05, 4.69) is 16.6 Å². The monoisotopic (exact) mass is 320 g/mol. The third-order valence-electron chi connectivity index (χ3n) is 3.43. The SMILES string of the molecule is CC1CN(C(CN)c2ccc(OC(F)(F)F)cc2)CCS1. The number of hydrogen-bond donors (Lipinski definition) is 1. The summed E-state index contributed by atoms with van der Waals surface area (Å²) in [6.45, 7) is 4.49. The van der Waals surface area contributed by atoms with Gasteiger partial charge in [-0.2, -0.15) is 11.8 Å². The van der Waals surface area contributed by atoms with Crippen LogP contribution in [0.3, 0.4) is 0 Å². The largest absolute Gasteiger partial charge is 0.573 e. The zero-order valence-electron chi connectivity index (χ0n) is 11.8. The minimum atomic E-state index is -4.66. The maximum Gasteiger partial charge on any atom is 0.573 e. The first-order chi connectivity index (χ1) is 9.89. The maximum atomic E-state index is 12.1. The summed E-state index contributed by atoms with van der Waals surface area (Å²) in [7, 11) is 0. The Morgan fingerprint density at radius 2 is 2.05 bits per heavy atom. The molecule has 7 heteroatoms. The van der Waals surface area contributed by atoms with Crippen LogP contribution in [0.2, 0.25) is 0 Å². The second-order valence-corrected chi connectivity index (χ2v) is 6.59. The van der Waals surface area contributed by atoms with Crippen molar-refractivity contribution in [3.8, 4) is 5.75 Å². The lowest BCUT2D eigenvalue weighted by atomic mass is 10.0. The highest BCUT2D eigenvalue weighted by Crippen LogP contribution is 2.29. The lowest BCUT2D eigenvalue weighted by Crippen LogP contribution is -2.42. The molecule has 21 heavy (non-hydrogen) atoms. The van der Waals surface area contributed by atoms with Gasteiger partial charge < -0.3 is 10.5 Å². The number of ether oxygens (including phenoxy) is 1. The first-order valence-corrected chi connectivity index (χ1v) is 7.85. The average molecular weight is 320 g/mol. The number of alkyl halides is 3. The predicted molar refractivity (Wildman–Crippen MR) is 78.4 cm³/mol. The van der Waals surface area contributed by atoms with Crippen molar-refractivity contribution < 1.29 is 17.9 Å². The van der Waals surface area contributed by atoms with Gasteiger partial charge in [0.2, 0.25) is 0 Å². The molecule has 2 rings (SSSR count). The van der Waals surface area contributed by atoms with Gasteiger partial charge in [0.05, 0.1) is 0 Å². The molecule has 0 radical (unpaired) electrons. The van der Waals surface area contributed by atoms with E-state index in [1.807, 2.05) is 11.8 Å². The van der Waals surface area contributed by atoms with Gasteiger partial charge in [0.15, 0.2) is 0 Å². The number of benzene rings is 1. The van der Waals surface area contributed by atoms with Crippen molar-refractivity contribution in [1.29, 1.82) is 0 Å². The molecular formula is C14H19F3N2OS. The molecule has 0 amide bonds. The second kappa shape index (κ2) is 6.89. The highest BCUT2D eigenvalue weighted by Gasteiger charge is 2.31. The third-order valence-corrected chi connectivity index (χ3v) is 4.57. The Labute approximate surface area is 126 Å². The van der Waals surface area contributed by atoms with Crippen molar-refractivity contribution >= 4 is 11.8 Å². The van der Waals surface area contributed by atoms with Crippen LogP contribution in [-0.4, -0.2) is 41.9 Å². The van der Waals surface area contributed by atoms with Crippen molar-refractivity contribution in [1.82, 2.24) is 4.90 Å². The van der Waals surface area contributed by atoms with Crippen LogP contribution in [0.25, 0.3) is 0 Å². The molecule has 1 saturated heterocycles. The van der Waals surface area contributed by atoms with Gasteiger partial charge in [-0.05, 0) is 17.7 Å². The van der Waals surface area contributed by atoms with Gasteiger partial charge in [0.1, 0.15) is 5.75 Å². The van der Waals surface area contributed by atoms with E-state index in [1.54, 1.807) is 12.1 Å². The van der Waals surface area contributed by atoms with Gasteiger partial charge in [0.25, 0.3) is 0 Å². The molecule has 118 valence electrons. The molecule has 1 aliphatic rings. The molecule has 1 fully saturated rings. The highest BCUT2D eigenvalue weighted by molar-refractivity contribution is 7.99. The van der Waals surface area contributed by atoms with E-state index in [0.717, 1.165) is 24.4 Å². The third kappa shape index (κ3) is 4.79. The molecule has 1 aromatic carbocycles. The molecule has 0 bridgehead atoms. The van der Waals surface area contributed by atoms with Crippen LogP contribution in [0, 0.1) is 0 Å². The van der Waals surface area contributed by atoms with Gasteiger partial charge in [0, 0.05) is 36.7 Å². The van der Waals surface area contributed by atoms with Gasteiger partial charge in [-0.1, -0.05) is 19.1 Å². The van der Waals surface area contributed by atoms with Crippen molar-refractivity contribution in [2.24, 2.45) is 5.73 Å². The number of thioether (sulfide) groups is 1. The Morgan fingerprint density at radius 1 is 1.38 bits per heavy atom. The Balaban J connectivity index is 2.08. The van der Waals surface area contributed by atoms with Gasteiger partial charge in [-0.25, -0.2) is 0 Å². The molecular weight excluding hydrogens is 301 g/mol. The number of nitrogens with two attached hydrogens (primary N) is 1. The topological polar surface area (TPSA) is 38.5 Å². The minimum Gasteiger partial charge on any atom is -0.406 e. The van der Waals surface area contributed by atoms with E-state index in [-0.39, 0.29) is 11.8 Å². The van der Waals surface area contributed by atoms with E-state index < -0.39 is 6.36 Å². The van der Waals surface area contributed by atoms with Crippen LogP contribution in [0.1, 0.15) is 18.5 Å². The van der Waals surface area contributed by atoms with Gasteiger partial charge >= 0.3 is 6.36 Å². The Hall–Kier alpha value is -0.920. The molecule has 1 heterocycles. The summed E-state index contributed by atoms with van der Waals surface area (Å²) in [4.78, 5) is 2.29. The zero-order valence-corrected chi connectivity index (χ0v) is 12.6. The van der Waals surface area contributed by atoms with Crippen molar-refractivity contribution in [2.45, 2.75) is 24.6 Å². The summed E-state index contributed by atoms with van der Waals surface area (Å²) in [5.41, 5.74) is 6.78. The van der Waals surface area contributed by atoms with Crippen molar-refractivity contribution in [3.63, 3.8) is 0 Å². The summed E-state index contributed by atoms with van der Waals surface area (Å²) >= 11 is 1.93. The number of rotatable bonds is 4. The Morgan fingerprint density at radius 3 is 2.57 bits per heavy atom. The van der Waals surface area contributed by atoms with Crippen molar-refractivity contribution in [2.75, 3.05) is 25.4 Å². The molecule has 2 unspecified atom stereocenters. The fourth-order valence-corrected chi connectivity index (χ4v) is 3.56. The first kappa shape index (κ1) is 16.5. The summed E-state index contributed by atoms with van der Waals surface area (Å²) in [5, 5.41) is 0.542. The molecule has 2 N–H and O–H groups in total. The van der Waals surface area contributed by atoms with Crippen LogP contribution < -0.4 is 10.5 Å². The number of hydrogen-bond acceptors (Lipinski definition) is 4. The fraction of sp³-hybridized carbons (Fsp3) is 0.571. The number of halogens is 3. The summed E-state index contributed by atoms with van der Waals surface area (Å²) < 4.78 is 40.3. The molecule has 3 nitrogen and oxygen atoms in total. The van der Waals surface area contributed by atoms with E-state index in [9.17, 15) is 13.2 Å². The molecule has 0 saturated carbocycles. The smallest absolute Gasteiger partial charge is 0.406 e. The summed E-state index contributed by atoms with van der Waals surface area (Å²) in [5.74, 6) is 0.844. The maximum absolute atomic E-state index is 12.1. The first-order valence-electron chi connectivity index (χ1n) is 6.80. The molecule has 0 spiro atoms. The van der Waals surface area contributed by atoms with Crippen molar-refractivity contribution in [3.05, 3.63) is 29.8 Å². The molecule has 2 atom stereocenters. The molecule has 0 aromatic heterocycles. The lowest BCUT2D eigenvalue weighted by molar-refractivity contribution is -0.274. The Bertz CT molecular complexity index is 453. The van der Waals surface area contributed by atoms with Crippen LogP contribution in [0.4, 0.5) is 13.2 Å². The normalized spacial score (nSPS) is 22.0. The average Bonchev–Trinajstić information content (AvgIpc) is 2.40. The van der Waals surface area contributed by atoms with Crippen LogP contribution >= 0.6 is 11.8 Å². The van der Waals surface area contributed by atoms with Crippen LogP contribution in [-0.2, 0) is 0 Å². The zero-order chi connectivity index (χ0) is 15.5. The predicted octanol–water partition coefficient (Wildman–Crippen LogP) is 3.02. The van der Waals surface area contributed by atoms with Gasteiger partial charge in [-0.3, -0.25) is 4.90 Å². The molecule has 0 aliphatic carbocycles. The molecule has 1 aliphatic heterocycles. The second-order valence-electron chi connectivity index (χ2n) is 5.04. The quantitative estimate of drug-likeness (QED) is 0.925. The van der Waals surface area contributed by atoms with E-state index in [0.29, 0.717) is 11.8 Å². The molecule has 1 aromatic rings. The van der Waals surface area contributed by atoms with Gasteiger partial charge in [-0.15, -0.1) is 13.2 Å².